The molecule has 1 amide bonds. The average Bonchev–Trinajstić information content (AvgIpc) is 3.39. The molecule has 1 aliphatic carbocycles. The van der Waals surface area contributed by atoms with Gasteiger partial charge in [-0.25, -0.2) is 4.39 Å². The van der Waals surface area contributed by atoms with Gasteiger partial charge < -0.3 is 15.4 Å². The molecule has 1 saturated carbocycles. The van der Waals surface area contributed by atoms with Crippen molar-refractivity contribution in [1.82, 2.24) is 10.3 Å². The van der Waals surface area contributed by atoms with Crippen molar-refractivity contribution < 1.29 is 13.9 Å². The number of hydrogen-bond acceptors (Lipinski definition) is 4. The molecule has 2 N–H and O–H groups in total. The number of benzene rings is 1. The number of halogens is 3. The molecule has 26 heavy (non-hydrogen) atoms. The topological polar surface area (TPSA) is 63.2 Å². The highest BCUT2D eigenvalue weighted by atomic mass is 35.5. The summed E-state index contributed by atoms with van der Waals surface area (Å²) >= 11 is 0. The lowest BCUT2D eigenvalue weighted by Crippen LogP contribution is -2.29. The summed E-state index contributed by atoms with van der Waals surface area (Å²) in [6.45, 7) is 1.28. The third-order valence-electron chi connectivity index (χ3n) is 3.73. The quantitative estimate of drug-likeness (QED) is 0.709. The SMILES string of the molecule is Cl.Cl.O=C(CNCC1CC1)Nc1ccc(OCc2ccccn2)c(F)c1. The number of nitrogens with zero attached hydrogens (tertiary/aromatic N) is 1. The summed E-state index contributed by atoms with van der Waals surface area (Å²) in [6, 6.07) is 9.84. The summed E-state index contributed by atoms with van der Waals surface area (Å²) in [5, 5.41) is 5.76. The van der Waals surface area contributed by atoms with Crippen molar-refractivity contribution in [3.05, 3.63) is 54.1 Å². The molecule has 0 aliphatic heterocycles. The van der Waals surface area contributed by atoms with Crippen LogP contribution in [0.25, 0.3) is 0 Å². The normalized spacial score (nSPS) is 12.5. The van der Waals surface area contributed by atoms with E-state index in [1.165, 1.54) is 25.0 Å². The molecule has 0 spiro atoms. The van der Waals surface area contributed by atoms with Gasteiger partial charge in [0.05, 0.1) is 12.2 Å². The summed E-state index contributed by atoms with van der Waals surface area (Å²) in [4.78, 5) is 15.9. The molecule has 8 heteroatoms. The standard InChI is InChI=1S/C18H20FN3O2.2ClH/c19-16-9-14(22-18(23)11-20-10-13-4-5-13)6-7-17(16)24-12-15-3-1-2-8-21-15;;/h1-3,6-9,13,20H,4-5,10-12H2,(H,22,23);2*1H. The van der Waals surface area contributed by atoms with Crippen LogP contribution in [-0.2, 0) is 11.4 Å². The van der Waals surface area contributed by atoms with Gasteiger partial charge in [0.25, 0.3) is 0 Å². The number of carbonyl (C=O) groups is 1. The Morgan fingerprint density at radius 1 is 1.23 bits per heavy atom. The van der Waals surface area contributed by atoms with Crippen LogP contribution in [-0.4, -0.2) is 24.0 Å². The van der Waals surface area contributed by atoms with Crippen LogP contribution in [0.3, 0.4) is 0 Å². The highest BCUT2D eigenvalue weighted by Crippen LogP contribution is 2.27. The van der Waals surface area contributed by atoms with Crippen LogP contribution < -0.4 is 15.4 Å². The Kier molecular flexibility index (Phi) is 9.34. The van der Waals surface area contributed by atoms with Crippen molar-refractivity contribution in [1.29, 1.82) is 0 Å². The zero-order valence-corrected chi connectivity index (χ0v) is 15.7. The van der Waals surface area contributed by atoms with Gasteiger partial charge in [-0.2, -0.15) is 0 Å². The maximum Gasteiger partial charge on any atom is 0.238 e. The van der Waals surface area contributed by atoms with Gasteiger partial charge >= 0.3 is 0 Å². The minimum absolute atomic E-state index is 0. The number of nitrogens with one attached hydrogen (secondary N) is 2. The zero-order chi connectivity index (χ0) is 16.8. The molecule has 0 unspecified atom stereocenters. The van der Waals surface area contributed by atoms with Gasteiger partial charge in [0.2, 0.25) is 5.91 Å². The number of anilines is 1. The van der Waals surface area contributed by atoms with E-state index >= 15 is 0 Å². The highest BCUT2D eigenvalue weighted by molar-refractivity contribution is 5.92. The van der Waals surface area contributed by atoms with Gasteiger partial charge in [-0.05, 0) is 49.6 Å². The fourth-order valence-electron chi connectivity index (χ4n) is 2.25. The van der Waals surface area contributed by atoms with Crippen molar-refractivity contribution >= 4 is 36.4 Å². The molecular formula is C18H22Cl2FN3O2. The van der Waals surface area contributed by atoms with Crippen LogP contribution in [0, 0.1) is 11.7 Å². The predicted molar refractivity (Wildman–Crippen MR) is 104 cm³/mol. The van der Waals surface area contributed by atoms with E-state index in [-0.39, 0.29) is 49.6 Å². The summed E-state index contributed by atoms with van der Waals surface area (Å²) in [7, 11) is 0. The van der Waals surface area contributed by atoms with Crippen LogP contribution in [0.4, 0.5) is 10.1 Å². The summed E-state index contributed by atoms with van der Waals surface area (Å²) in [5.41, 5.74) is 1.13. The second-order valence-electron chi connectivity index (χ2n) is 5.88. The number of aromatic nitrogens is 1. The van der Waals surface area contributed by atoms with E-state index in [0.717, 1.165) is 12.2 Å². The van der Waals surface area contributed by atoms with Crippen LogP contribution in [0.2, 0.25) is 0 Å². The maximum atomic E-state index is 14.1. The van der Waals surface area contributed by atoms with Gasteiger partial charge in [-0.15, -0.1) is 24.8 Å². The summed E-state index contributed by atoms with van der Waals surface area (Å²) in [6.07, 6.45) is 4.13. The molecule has 0 radical (unpaired) electrons. The molecule has 1 aromatic carbocycles. The predicted octanol–water partition coefficient (Wildman–Crippen LogP) is 3.58. The molecule has 0 saturated heterocycles. The number of pyridine rings is 1. The largest absolute Gasteiger partial charge is 0.484 e. The van der Waals surface area contributed by atoms with Gasteiger partial charge in [0.15, 0.2) is 11.6 Å². The van der Waals surface area contributed by atoms with Crippen molar-refractivity contribution in [3.8, 4) is 5.75 Å². The Labute approximate surface area is 164 Å². The fraction of sp³-hybridized carbons (Fsp3) is 0.333. The molecule has 1 fully saturated rings. The van der Waals surface area contributed by atoms with Gasteiger partial charge in [0, 0.05) is 18.0 Å². The molecule has 2 aromatic rings. The number of rotatable bonds is 8. The molecule has 1 aliphatic rings. The minimum Gasteiger partial charge on any atom is -0.484 e. The molecule has 1 heterocycles. The van der Waals surface area contributed by atoms with Crippen LogP contribution >= 0.6 is 24.8 Å². The molecule has 5 nitrogen and oxygen atoms in total. The highest BCUT2D eigenvalue weighted by Gasteiger charge is 2.20. The van der Waals surface area contributed by atoms with Gasteiger partial charge in [-0.3, -0.25) is 9.78 Å². The second-order valence-corrected chi connectivity index (χ2v) is 5.88. The molecule has 1 aromatic heterocycles. The second kappa shape index (κ2) is 11.0. The Morgan fingerprint density at radius 3 is 2.69 bits per heavy atom. The number of carbonyl (C=O) groups excluding carboxylic acids is 1. The van der Waals surface area contributed by atoms with Crippen molar-refractivity contribution in [2.45, 2.75) is 19.4 Å². The number of amides is 1. The van der Waals surface area contributed by atoms with E-state index in [1.807, 2.05) is 6.07 Å². The Bertz CT molecular complexity index is 700. The lowest BCUT2D eigenvalue weighted by Gasteiger charge is -2.10. The van der Waals surface area contributed by atoms with E-state index in [0.29, 0.717) is 11.6 Å². The summed E-state index contributed by atoms with van der Waals surface area (Å²) in [5.74, 6) is 0.142. The molecule has 3 rings (SSSR count). The van der Waals surface area contributed by atoms with Crippen LogP contribution in [0.15, 0.2) is 42.6 Å². The Balaban J connectivity index is 0.00000169. The fourth-order valence-corrected chi connectivity index (χ4v) is 2.25. The monoisotopic (exact) mass is 401 g/mol. The van der Waals surface area contributed by atoms with E-state index in [2.05, 4.69) is 15.6 Å². The van der Waals surface area contributed by atoms with Crippen LogP contribution in [0.5, 0.6) is 5.75 Å². The summed E-state index contributed by atoms with van der Waals surface area (Å²) < 4.78 is 19.5. The molecule has 142 valence electrons. The molecule has 0 atom stereocenters. The van der Waals surface area contributed by atoms with Crippen LogP contribution in [0.1, 0.15) is 18.5 Å². The third kappa shape index (κ3) is 7.15. The van der Waals surface area contributed by atoms with Gasteiger partial charge in [-0.1, -0.05) is 6.07 Å². The first-order valence-electron chi connectivity index (χ1n) is 8.03. The number of ether oxygens (including phenoxy) is 1. The first kappa shape index (κ1) is 22.2. The van der Waals surface area contributed by atoms with E-state index < -0.39 is 5.82 Å². The first-order valence-corrected chi connectivity index (χ1v) is 8.03. The third-order valence-corrected chi connectivity index (χ3v) is 3.73. The smallest absolute Gasteiger partial charge is 0.238 e. The Morgan fingerprint density at radius 2 is 2.04 bits per heavy atom. The lowest BCUT2D eigenvalue weighted by atomic mass is 10.3. The van der Waals surface area contributed by atoms with Crippen molar-refractivity contribution in [2.24, 2.45) is 5.92 Å². The van der Waals surface area contributed by atoms with Crippen molar-refractivity contribution in [3.63, 3.8) is 0 Å². The van der Waals surface area contributed by atoms with E-state index in [4.69, 9.17) is 4.74 Å². The minimum atomic E-state index is -0.519. The average molecular weight is 402 g/mol. The Hall–Kier alpha value is -1.89. The van der Waals surface area contributed by atoms with Crippen molar-refractivity contribution in [2.75, 3.05) is 18.4 Å². The number of hydrogen-bond donors (Lipinski definition) is 2. The first-order chi connectivity index (χ1) is 11.7. The van der Waals surface area contributed by atoms with Gasteiger partial charge in [0.1, 0.15) is 6.61 Å². The molecule has 0 bridgehead atoms. The maximum absolute atomic E-state index is 14.1. The zero-order valence-electron chi connectivity index (χ0n) is 14.1. The lowest BCUT2D eigenvalue weighted by molar-refractivity contribution is -0.115. The molecular weight excluding hydrogens is 380 g/mol. The van der Waals surface area contributed by atoms with E-state index in [9.17, 15) is 9.18 Å². The van der Waals surface area contributed by atoms with E-state index in [1.54, 1.807) is 24.4 Å².